The molecule has 2 aromatic carbocycles. The minimum atomic E-state index is -0.349. The van der Waals surface area contributed by atoms with Crippen LogP contribution in [0.15, 0.2) is 65.8 Å². The Labute approximate surface area is 156 Å². The smallest absolute Gasteiger partial charge is 0.255 e. The van der Waals surface area contributed by atoms with Crippen molar-refractivity contribution in [1.82, 2.24) is 4.98 Å². The van der Waals surface area contributed by atoms with Crippen molar-refractivity contribution in [3.63, 3.8) is 0 Å². The number of benzene rings is 2. The molecule has 27 heavy (non-hydrogen) atoms. The fourth-order valence-corrected chi connectivity index (χ4v) is 2.39. The number of phenolic OH excluding ortho intramolecular Hbond substituents is 1. The molecule has 7 heteroatoms. The zero-order valence-electron chi connectivity index (χ0n) is 14.6. The number of ether oxygens (including phenoxy) is 1. The van der Waals surface area contributed by atoms with Crippen LogP contribution < -0.4 is 15.8 Å². The summed E-state index contributed by atoms with van der Waals surface area (Å²) in [6, 6.07) is 15.2. The van der Waals surface area contributed by atoms with Gasteiger partial charge >= 0.3 is 0 Å². The van der Waals surface area contributed by atoms with Gasteiger partial charge in [-0.1, -0.05) is 12.1 Å². The average molecular weight is 362 g/mol. The first kappa shape index (κ1) is 17.9. The van der Waals surface area contributed by atoms with E-state index in [4.69, 9.17) is 10.5 Å². The van der Waals surface area contributed by atoms with Gasteiger partial charge in [0.05, 0.1) is 7.11 Å². The standard InChI is InChI=1S/C20H18N4O3/c1-27-18-8-7-14(11-17(18)25)20(26)24-15-5-2-4-13(10-15)12-23-16-6-3-9-22-19(16)21/h2-12,25H,1H3,(H2,21,22)(H,24,26)/b23-12+. The second kappa shape index (κ2) is 8.01. The minimum absolute atomic E-state index is 0.0971. The molecule has 0 saturated heterocycles. The summed E-state index contributed by atoms with van der Waals surface area (Å²) in [5, 5.41) is 12.6. The molecule has 1 heterocycles. The number of carbonyl (C=O) groups excluding carboxylic acids is 1. The third-order valence-corrected chi connectivity index (χ3v) is 3.75. The predicted molar refractivity (Wildman–Crippen MR) is 105 cm³/mol. The van der Waals surface area contributed by atoms with Crippen LogP contribution >= 0.6 is 0 Å². The molecule has 0 aliphatic rings. The Balaban J connectivity index is 1.75. The Morgan fingerprint density at radius 2 is 2.07 bits per heavy atom. The first-order valence-corrected chi connectivity index (χ1v) is 8.10. The van der Waals surface area contributed by atoms with E-state index in [2.05, 4.69) is 15.3 Å². The monoisotopic (exact) mass is 362 g/mol. The van der Waals surface area contributed by atoms with Crippen LogP contribution in [0.2, 0.25) is 0 Å². The number of hydrogen-bond acceptors (Lipinski definition) is 6. The first-order valence-electron chi connectivity index (χ1n) is 8.10. The van der Waals surface area contributed by atoms with Gasteiger partial charge in [0.1, 0.15) is 11.5 Å². The van der Waals surface area contributed by atoms with Crippen LogP contribution in [0.4, 0.5) is 17.2 Å². The van der Waals surface area contributed by atoms with Crippen molar-refractivity contribution in [2.24, 2.45) is 4.99 Å². The Morgan fingerprint density at radius 3 is 2.81 bits per heavy atom. The van der Waals surface area contributed by atoms with Gasteiger partial charge in [-0.05, 0) is 48.0 Å². The quantitative estimate of drug-likeness (QED) is 0.603. The van der Waals surface area contributed by atoms with Crippen molar-refractivity contribution in [3.8, 4) is 11.5 Å². The van der Waals surface area contributed by atoms with E-state index in [1.165, 1.54) is 19.2 Å². The molecule has 4 N–H and O–H groups in total. The Kier molecular flexibility index (Phi) is 5.32. The summed E-state index contributed by atoms with van der Waals surface area (Å²) in [6.07, 6.45) is 3.24. The summed E-state index contributed by atoms with van der Waals surface area (Å²) in [6.45, 7) is 0. The Hall–Kier alpha value is -3.87. The lowest BCUT2D eigenvalue weighted by molar-refractivity contribution is 0.102. The number of pyridine rings is 1. The van der Waals surface area contributed by atoms with Gasteiger partial charge in [-0.3, -0.25) is 9.79 Å². The van der Waals surface area contributed by atoms with E-state index in [0.29, 0.717) is 28.5 Å². The van der Waals surface area contributed by atoms with Gasteiger partial charge in [0.25, 0.3) is 5.91 Å². The van der Waals surface area contributed by atoms with E-state index >= 15 is 0 Å². The maximum absolute atomic E-state index is 12.4. The largest absolute Gasteiger partial charge is 0.504 e. The van der Waals surface area contributed by atoms with Gasteiger partial charge < -0.3 is 20.9 Å². The number of aromatic hydroxyl groups is 1. The molecule has 0 aliphatic carbocycles. The van der Waals surface area contributed by atoms with Crippen molar-refractivity contribution in [1.29, 1.82) is 0 Å². The molecule has 0 spiro atoms. The van der Waals surface area contributed by atoms with Gasteiger partial charge in [0.15, 0.2) is 11.5 Å². The molecule has 136 valence electrons. The van der Waals surface area contributed by atoms with Crippen molar-refractivity contribution >= 4 is 29.3 Å². The molecule has 0 radical (unpaired) electrons. The number of methoxy groups -OCH3 is 1. The Morgan fingerprint density at radius 1 is 1.22 bits per heavy atom. The number of rotatable bonds is 5. The van der Waals surface area contributed by atoms with Gasteiger partial charge in [-0.2, -0.15) is 0 Å². The molecular weight excluding hydrogens is 344 g/mol. The highest BCUT2D eigenvalue weighted by atomic mass is 16.5. The van der Waals surface area contributed by atoms with Crippen LogP contribution in [0.1, 0.15) is 15.9 Å². The fraction of sp³-hybridized carbons (Fsp3) is 0.0500. The van der Waals surface area contributed by atoms with Crippen LogP contribution in [-0.2, 0) is 0 Å². The Bertz CT molecular complexity index is 1000. The van der Waals surface area contributed by atoms with E-state index in [1.54, 1.807) is 48.8 Å². The van der Waals surface area contributed by atoms with E-state index in [9.17, 15) is 9.90 Å². The van der Waals surface area contributed by atoms with Crippen LogP contribution in [0.25, 0.3) is 0 Å². The number of aliphatic imine (C=N–C) groups is 1. The second-order valence-corrected chi connectivity index (χ2v) is 5.63. The summed E-state index contributed by atoms with van der Waals surface area (Å²) in [5.41, 5.74) is 8.03. The number of carbonyl (C=O) groups is 1. The first-order chi connectivity index (χ1) is 13.1. The highest BCUT2D eigenvalue weighted by Crippen LogP contribution is 2.26. The molecule has 0 bridgehead atoms. The average Bonchev–Trinajstić information content (AvgIpc) is 2.67. The van der Waals surface area contributed by atoms with Gasteiger partial charge in [0.2, 0.25) is 0 Å². The third-order valence-electron chi connectivity index (χ3n) is 3.75. The maximum Gasteiger partial charge on any atom is 0.255 e. The molecule has 3 aromatic rings. The summed E-state index contributed by atoms with van der Waals surface area (Å²) in [4.78, 5) is 20.7. The molecule has 0 unspecified atom stereocenters. The molecule has 7 nitrogen and oxygen atoms in total. The zero-order valence-corrected chi connectivity index (χ0v) is 14.6. The van der Waals surface area contributed by atoms with Crippen molar-refractivity contribution in [2.45, 2.75) is 0 Å². The lowest BCUT2D eigenvalue weighted by Crippen LogP contribution is -2.12. The van der Waals surface area contributed by atoms with Gasteiger partial charge in [0, 0.05) is 23.7 Å². The SMILES string of the molecule is COc1ccc(C(=O)Nc2cccc(/C=N/c3cccnc3N)c2)cc1O. The number of phenols is 1. The maximum atomic E-state index is 12.4. The summed E-state index contributed by atoms with van der Waals surface area (Å²) < 4.78 is 4.98. The predicted octanol–water partition coefficient (Wildman–Crippen LogP) is 3.38. The molecule has 1 amide bonds. The van der Waals surface area contributed by atoms with E-state index in [0.717, 1.165) is 5.56 Å². The van der Waals surface area contributed by atoms with Crippen molar-refractivity contribution in [2.75, 3.05) is 18.2 Å². The molecule has 1 aromatic heterocycles. The number of aromatic nitrogens is 1. The fourth-order valence-electron chi connectivity index (χ4n) is 2.39. The van der Waals surface area contributed by atoms with Crippen molar-refractivity contribution in [3.05, 3.63) is 71.9 Å². The van der Waals surface area contributed by atoms with Crippen LogP contribution in [0, 0.1) is 0 Å². The normalized spacial score (nSPS) is 10.7. The number of hydrogen-bond donors (Lipinski definition) is 3. The van der Waals surface area contributed by atoms with Gasteiger partial charge in [-0.25, -0.2) is 4.98 Å². The topological polar surface area (TPSA) is 110 Å². The summed E-state index contributed by atoms with van der Waals surface area (Å²) in [7, 11) is 1.45. The number of amides is 1. The summed E-state index contributed by atoms with van der Waals surface area (Å²) in [5.74, 6) is 0.204. The zero-order chi connectivity index (χ0) is 19.2. The number of nitrogen functional groups attached to an aromatic ring is 1. The van der Waals surface area contributed by atoms with Crippen molar-refractivity contribution < 1.29 is 14.6 Å². The van der Waals surface area contributed by atoms with Crippen LogP contribution in [0.3, 0.4) is 0 Å². The summed E-state index contributed by atoms with van der Waals surface area (Å²) >= 11 is 0. The lowest BCUT2D eigenvalue weighted by atomic mass is 10.1. The number of nitrogens with two attached hydrogens (primary N) is 1. The minimum Gasteiger partial charge on any atom is -0.504 e. The van der Waals surface area contributed by atoms with E-state index < -0.39 is 0 Å². The highest BCUT2D eigenvalue weighted by Gasteiger charge is 2.10. The second-order valence-electron chi connectivity index (χ2n) is 5.63. The number of anilines is 2. The molecule has 0 saturated carbocycles. The molecular formula is C20H18N4O3. The highest BCUT2D eigenvalue weighted by molar-refractivity contribution is 6.05. The molecule has 0 aliphatic heterocycles. The molecule has 0 fully saturated rings. The van der Waals surface area contributed by atoms with Gasteiger partial charge in [-0.15, -0.1) is 0 Å². The number of nitrogens with one attached hydrogen (secondary N) is 1. The third kappa shape index (κ3) is 4.40. The number of nitrogens with zero attached hydrogens (tertiary/aromatic N) is 2. The van der Waals surface area contributed by atoms with Crippen LogP contribution in [-0.4, -0.2) is 29.3 Å². The molecule has 0 atom stereocenters. The van der Waals surface area contributed by atoms with E-state index in [-0.39, 0.29) is 11.7 Å². The van der Waals surface area contributed by atoms with Crippen LogP contribution in [0.5, 0.6) is 11.5 Å². The lowest BCUT2D eigenvalue weighted by Gasteiger charge is -2.08. The molecule has 3 rings (SSSR count). The van der Waals surface area contributed by atoms with E-state index in [1.807, 2.05) is 6.07 Å².